The first-order valence-electron chi connectivity index (χ1n) is 18.1. The fourth-order valence-corrected chi connectivity index (χ4v) is 7.54. The summed E-state index contributed by atoms with van der Waals surface area (Å²) in [7, 11) is 3.58. The highest BCUT2D eigenvalue weighted by atomic mass is 16.7. The Morgan fingerprint density at radius 2 is 1.64 bits per heavy atom. The van der Waals surface area contributed by atoms with Gasteiger partial charge in [-0.1, -0.05) is 45.4 Å². The van der Waals surface area contributed by atoms with Gasteiger partial charge in [0.05, 0.1) is 49.1 Å². The molecule has 0 spiro atoms. The Bertz CT molecular complexity index is 1180. The first kappa shape index (κ1) is 42.6. The summed E-state index contributed by atoms with van der Waals surface area (Å²) >= 11 is 0. The van der Waals surface area contributed by atoms with Crippen LogP contribution in [0.4, 0.5) is 0 Å². The van der Waals surface area contributed by atoms with Crippen LogP contribution in [0.25, 0.3) is 0 Å². The normalized spacial score (nSPS) is 46.2. The summed E-state index contributed by atoms with van der Waals surface area (Å²) in [5.74, 6) is -2.57. The number of aliphatic hydroxyl groups is 5. The van der Waals surface area contributed by atoms with Crippen molar-refractivity contribution >= 4 is 11.8 Å². The summed E-state index contributed by atoms with van der Waals surface area (Å²) in [6, 6.07) is -0.649. The third-order valence-corrected chi connectivity index (χ3v) is 10.6. The second-order valence-electron chi connectivity index (χ2n) is 15.3. The van der Waals surface area contributed by atoms with Gasteiger partial charge >= 0.3 is 5.97 Å². The molecule has 288 valence electrons. The minimum Gasteiger partial charge on any atom is -0.462 e. The Balaban J connectivity index is 1.89. The lowest BCUT2D eigenvalue weighted by Gasteiger charge is -2.50. The molecule has 2 fully saturated rings. The number of esters is 1. The Hall–Kier alpha value is -1.78. The SMILES string of the molecule is CC[C@H]1OC(=O)C[C@@H](O)[C@H](C)[C@@H](O[C@@H]2O[C@@H](C)C(O[C@H]3CC(C)(O)C(O)[C@@H](C)O3)C(N(C)C)C2O)[C@@H](C)C[C@@H](C)C(=O)/C=C/C(C)=C/[C@@H]1CO. The minimum absolute atomic E-state index is 0.0108. The monoisotopic (exact) mass is 713 g/mol. The predicted octanol–water partition coefficient (Wildman–Crippen LogP) is 2.10. The molecule has 0 radical (unpaired) electrons. The summed E-state index contributed by atoms with van der Waals surface area (Å²) in [5, 5.41) is 54.3. The Kier molecular flexibility index (Phi) is 15.6. The van der Waals surface area contributed by atoms with Crippen molar-refractivity contribution in [2.75, 3.05) is 20.7 Å². The number of aliphatic hydroxyl groups excluding tert-OH is 4. The van der Waals surface area contributed by atoms with Crippen LogP contribution in [-0.2, 0) is 33.3 Å². The molecule has 5 N–H and O–H groups in total. The van der Waals surface area contributed by atoms with E-state index in [-0.39, 0.29) is 31.1 Å². The van der Waals surface area contributed by atoms with Gasteiger partial charge in [0.25, 0.3) is 0 Å². The van der Waals surface area contributed by atoms with Gasteiger partial charge in [-0.2, -0.15) is 0 Å². The number of carbonyl (C=O) groups excluding carboxylic acids is 2. The molecule has 13 heteroatoms. The number of cyclic esters (lactones) is 1. The standard InChI is InChI=1S/C37H63NO12/c1-11-28-25(18-39)14-19(2)12-13-26(40)20(3)15-21(4)33(22(5)27(41)16-29(42)48-28)50-36-32(43)31(38(9)10)34(23(6)47-36)49-30-17-37(8,45)35(44)24(7)46-30/h12-14,20-25,27-28,30-36,39,41,43-45H,11,15-18H2,1-10H3/b13-12+,19-14+/t20-,21+,22+,23+,24-,25-,27-,28-,30+,31?,32?,33+,34?,35?,36+,37?/m1/s1. The highest BCUT2D eigenvalue weighted by molar-refractivity contribution is 5.91. The molecule has 0 saturated carbocycles. The average Bonchev–Trinajstić information content (AvgIpc) is 3.03. The van der Waals surface area contributed by atoms with Crippen LogP contribution < -0.4 is 0 Å². The lowest BCUT2D eigenvalue weighted by atomic mass is 9.82. The van der Waals surface area contributed by atoms with Gasteiger partial charge in [-0.25, -0.2) is 0 Å². The summed E-state index contributed by atoms with van der Waals surface area (Å²) in [5.41, 5.74) is -0.693. The van der Waals surface area contributed by atoms with Crippen LogP contribution in [0.15, 0.2) is 23.8 Å². The number of allylic oxidation sites excluding steroid dienone is 3. The van der Waals surface area contributed by atoms with Crippen LogP contribution in [0.1, 0.15) is 81.1 Å². The Morgan fingerprint density at radius 3 is 2.22 bits per heavy atom. The van der Waals surface area contributed by atoms with E-state index in [1.807, 2.05) is 27.7 Å². The predicted molar refractivity (Wildman–Crippen MR) is 185 cm³/mol. The molecule has 2 saturated heterocycles. The zero-order chi connectivity index (χ0) is 37.7. The van der Waals surface area contributed by atoms with Crippen LogP contribution in [0.5, 0.6) is 0 Å². The van der Waals surface area contributed by atoms with Crippen molar-refractivity contribution in [1.82, 2.24) is 4.90 Å². The number of ether oxygens (including phenoxy) is 5. The van der Waals surface area contributed by atoms with E-state index < -0.39 is 96.8 Å². The van der Waals surface area contributed by atoms with Gasteiger partial charge in [0.1, 0.15) is 24.4 Å². The molecule has 0 aromatic carbocycles. The van der Waals surface area contributed by atoms with E-state index in [0.717, 1.165) is 5.57 Å². The number of hydrogen-bond donors (Lipinski definition) is 5. The van der Waals surface area contributed by atoms with Crippen molar-refractivity contribution < 1.29 is 58.8 Å². The molecule has 16 atom stereocenters. The van der Waals surface area contributed by atoms with E-state index in [1.165, 1.54) is 13.0 Å². The van der Waals surface area contributed by atoms with E-state index in [4.69, 9.17) is 23.7 Å². The molecule has 0 aromatic heterocycles. The van der Waals surface area contributed by atoms with Gasteiger partial charge in [-0.05, 0) is 66.6 Å². The molecule has 3 rings (SSSR count). The van der Waals surface area contributed by atoms with E-state index in [1.54, 1.807) is 51.9 Å². The number of ketones is 1. The number of likely N-dealkylation sites (N-methyl/N-ethyl adjacent to an activating group) is 1. The second-order valence-corrected chi connectivity index (χ2v) is 15.3. The van der Waals surface area contributed by atoms with Crippen molar-refractivity contribution in [2.45, 2.75) is 154 Å². The fourth-order valence-electron chi connectivity index (χ4n) is 7.54. The zero-order valence-electron chi connectivity index (χ0n) is 31.5. The van der Waals surface area contributed by atoms with Crippen LogP contribution in [0.2, 0.25) is 0 Å². The van der Waals surface area contributed by atoms with E-state index in [9.17, 15) is 35.1 Å². The molecule has 3 heterocycles. The molecule has 0 aliphatic carbocycles. The molecule has 3 aliphatic rings. The Morgan fingerprint density at radius 1 is 0.980 bits per heavy atom. The summed E-state index contributed by atoms with van der Waals surface area (Å²) in [6.45, 7) is 13.9. The Labute approximate surface area is 297 Å². The van der Waals surface area contributed by atoms with Crippen LogP contribution >= 0.6 is 0 Å². The van der Waals surface area contributed by atoms with Crippen molar-refractivity contribution in [3.05, 3.63) is 23.8 Å². The summed E-state index contributed by atoms with van der Waals surface area (Å²) < 4.78 is 30.8. The molecule has 13 nitrogen and oxygen atoms in total. The van der Waals surface area contributed by atoms with Crippen molar-refractivity contribution in [1.29, 1.82) is 0 Å². The van der Waals surface area contributed by atoms with Gasteiger partial charge in [0.15, 0.2) is 18.4 Å². The summed E-state index contributed by atoms with van der Waals surface area (Å²) in [6.07, 6.45) is -3.47. The third kappa shape index (κ3) is 10.6. The van der Waals surface area contributed by atoms with E-state index in [0.29, 0.717) is 12.8 Å². The molecule has 0 aromatic rings. The maximum atomic E-state index is 13.2. The van der Waals surface area contributed by atoms with Crippen molar-refractivity contribution in [2.24, 2.45) is 23.7 Å². The maximum Gasteiger partial charge on any atom is 0.308 e. The largest absolute Gasteiger partial charge is 0.462 e. The van der Waals surface area contributed by atoms with Gasteiger partial charge in [0.2, 0.25) is 0 Å². The number of rotatable bonds is 7. The van der Waals surface area contributed by atoms with Gasteiger partial charge in [-0.3, -0.25) is 9.59 Å². The minimum atomic E-state index is -1.44. The highest BCUT2D eigenvalue weighted by Gasteiger charge is 2.51. The summed E-state index contributed by atoms with van der Waals surface area (Å²) in [4.78, 5) is 28.1. The molecule has 3 aliphatic heterocycles. The number of carbonyl (C=O) groups is 2. The van der Waals surface area contributed by atoms with E-state index >= 15 is 0 Å². The van der Waals surface area contributed by atoms with Crippen LogP contribution in [0.3, 0.4) is 0 Å². The fraction of sp³-hybridized carbons (Fsp3) is 0.838. The molecule has 0 amide bonds. The van der Waals surface area contributed by atoms with Crippen molar-refractivity contribution in [3.63, 3.8) is 0 Å². The van der Waals surface area contributed by atoms with Crippen LogP contribution in [-0.4, -0.2) is 136 Å². The number of hydrogen-bond acceptors (Lipinski definition) is 13. The maximum absolute atomic E-state index is 13.2. The molecular weight excluding hydrogens is 650 g/mol. The third-order valence-electron chi connectivity index (χ3n) is 10.6. The van der Waals surface area contributed by atoms with Gasteiger partial charge < -0.3 is 54.1 Å². The number of nitrogens with zero attached hydrogens (tertiary/aromatic N) is 1. The lowest BCUT2D eigenvalue weighted by molar-refractivity contribution is -0.341. The highest BCUT2D eigenvalue weighted by Crippen LogP contribution is 2.36. The van der Waals surface area contributed by atoms with Crippen molar-refractivity contribution in [3.8, 4) is 0 Å². The van der Waals surface area contributed by atoms with E-state index in [2.05, 4.69) is 0 Å². The molecule has 5 unspecified atom stereocenters. The first-order valence-corrected chi connectivity index (χ1v) is 18.1. The lowest BCUT2D eigenvalue weighted by Crippen LogP contribution is -2.65. The van der Waals surface area contributed by atoms with Gasteiger partial charge in [0, 0.05) is 24.2 Å². The second kappa shape index (κ2) is 18.3. The molecule has 50 heavy (non-hydrogen) atoms. The topological polar surface area (TPSA) is 185 Å². The quantitative estimate of drug-likeness (QED) is 0.242. The molecule has 0 bridgehead atoms. The smallest absolute Gasteiger partial charge is 0.308 e. The average molecular weight is 714 g/mol. The van der Waals surface area contributed by atoms with Crippen LogP contribution in [0, 0.1) is 23.7 Å². The zero-order valence-corrected chi connectivity index (χ0v) is 31.5. The molecular formula is C37H63NO12. The first-order chi connectivity index (χ1) is 23.3. The van der Waals surface area contributed by atoms with Gasteiger partial charge in [-0.15, -0.1) is 0 Å².